The highest BCUT2D eigenvalue weighted by molar-refractivity contribution is 6.32. The van der Waals surface area contributed by atoms with Gasteiger partial charge in [0.1, 0.15) is 5.75 Å². The number of benzene rings is 1. The zero-order valence-electron chi connectivity index (χ0n) is 15.9. The molecule has 27 heavy (non-hydrogen) atoms. The number of hydrogen-bond donors (Lipinski definition) is 2. The Labute approximate surface area is 164 Å². The Bertz CT molecular complexity index is 775. The number of carbonyl (C=O) groups excluding carboxylic acids is 1. The molecule has 1 fully saturated rings. The second-order valence-electron chi connectivity index (χ2n) is 8.71. The van der Waals surface area contributed by atoms with Crippen LogP contribution >= 0.6 is 11.6 Å². The van der Waals surface area contributed by atoms with Gasteiger partial charge in [-0.15, -0.1) is 0 Å². The molecule has 1 atom stereocenters. The molecule has 0 saturated heterocycles. The van der Waals surface area contributed by atoms with E-state index in [1.165, 1.54) is 0 Å². The minimum Gasteiger partial charge on any atom is -0.491 e. The largest absolute Gasteiger partial charge is 0.491 e. The summed E-state index contributed by atoms with van der Waals surface area (Å²) in [6.45, 7) is 6.84. The van der Waals surface area contributed by atoms with Crippen molar-refractivity contribution in [1.29, 1.82) is 0 Å². The zero-order chi connectivity index (χ0) is 19.8. The smallest absolute Gasteiger partial charge is 0.306 e. The molecule has 0 bridgehead atoms. The Morgan fingerprint density at radius 1 is 1.33 bits per heavy atom. The zero-order valence-corrected chi connectivity index (χ0v) is 16.7. The Balaban J connectivity index is 1.77. The van der Waals surface area contributed by atoms with Crippen molar-refractivity contribution in [2.75, 3.05) is 6.61 Å². The number of nitrogens with one attached hydrogen (secondary N) is 1. The van der Waals surface area contributed by atoms with E-state index in [9.17, 15) is 9.59 Å². The van der Waals surface area contributed by atoms with Gasteiger partial charge in [0.05, 0.1) is 17.5 Å². The SMILES string of the molecule is CC(C)(C)COc1ccc(C2CC(=O)NC=C2C2CC(C(=O)O)C2)cc1Cl. The third-order valence-corrected chi connectivity index (χ3v) is 5.46. The van der Waals surface area contributed by atoms with E-state index in [2.05, 4.69) is 26.1 Å². The van der Waals surface area contributed by atoms with E-state index in [0.717, 1.165) is 11.1 Å². The summed E-state index contributed by atoms with van der Waals surface area (Å²) in [5.74, 6) is -0.324. The van der Waals surface area contributed by atoms with Crippen LogP contribution in [-0.4, -0.2) is 23.6 Å². The molecule has 3 rings (SSSR count). The van der Waals surface area contributed by atoms with Crippen LogP contribution in [0.25, 0.3) is 0 Å². The molecule has 1 amide bonds. The van der Waals surface area contributed by atoms with Gasteiger partial charge in [-0.2, -0.15) is 0 Å². The number of halogens is 1. The van der Waals surface area contributed by atoms with Crippen LogP contribution in [0.1, 0.15) is 51.5 Å². The topological polar surface area (TPSA) is 75.6 Å². The van der Waals surface area contributed by atoms with Crippen LogP contribution in [0.2, 0.25) is 5.02 Å². The lowest BCUT2D eigenvalue weighted by Crippen LogP contribution is -2.37. The van der Waals surface area contributed by atoms with Crippen LogP contribution in [0.5, 0.6) is 5.75 Å². The molecular weight excluding hydrogens is 366 g/mol. The third-order valence-electron chi connectivity index (χ3n) is 5.17. The quantitative estimate of drug-likeness (QED) is 0.781. The van der Waals surface area contributed by atoms with Gasteiger partial charge in [0.15, 0.2) is 0 Å². The first kappa shape index (κ1) is 19.7. The van der Waals surface area contributed by atoms with Crippen LogP contribution in [0.3, 0.4) is 0 Å². The molecule has 0 radical (unpaired) electrons. The number of carbonyl (C=O) groups is 2. The first-order valence-electron chi connectivity index (χ1n) is 9.28. The molecule has 1 aromatic carbocycles. The second-order valence-corrected chi connectivity index (χ2v) is 9.12. The van der Waals surface area contributed by atoms with Crippen molar-refractivity contribution < 1.29 is 19.4 Å². The van der Waals surface area contributed by atoms with Crippen molar-refractivity contribution in [2.45, 2.75) is 46.0 Å². The molecule has 1 saturated carbocycles. The fraction of sp³-hybridized carbons (Fsp3) is 0.524. The summed E-state index contributed by atoms with van der Waals surface area (Å²) in [5, 5.41) is 12.4. The lowest BCUT2D eigenvalue weighted by Gasteiger charge is -2.39. The second kappa shape index (κ2) is 7.55. The first-order chi connectivity index (χ1) is 12.6. The average Bonchev–Trinajstić information content (AvgIpc) is 2.52. The predicted octanol–water partition coefficient (Wildman–Crippen LogP) is 4.36. The molecular formula is C21H26ClNO4. The van der Waals surface area contributed by atoms with E-state index in [1.54, 1.807) is 6.20 Å². The number of rotatable bonds is 5. The molecule has 1 aromatic rings. The maximum absolute atomic E-state index is 12.0. The molecule has 5 nitrogen and oxygen atoms in total. The molecule has 6 heteroatoms. The fourth-order valence-corrected chi connectivity index (χ4v) is 3.82. The van der Waals surface area contributed by atoms with Crippen LogP contribution in [-0.2, 0) is 9.59 Å². The standard InChI is InChI=1S/C21H26ClNO4/c1-21(2,3)11-27-18-5-4-12(8-17(18)22)15-9-19(24)23-10-16(15)13-6-14(7-13)20(25)26/h4-5,8,10,13-15H,6-7,9,11H2,1-3H3,(H,23,24)(H,25,26). The van der Waals surface area contributed by atoms with E-state index >= 15 is 0 Å². The van der Waals surface area contributed by atoms with Crippen molar-refractivity contribution in [3.05, 3.63) is 40.6 Å². The lowest BCUT2D eigenvalue weighted by atomic mass is 9.66. The number of aliphatic carboxylic acids is 1. The lowest BCUT2D eigenvalue weighted by molar-refractivity contribution is -0.145. The predicted molar refractivity (Wildman–Crippen MR) is 104 cm³/mol. The van der Waals surface area contributed by atoms with E-state index < -0.39 is 5.97 Å². The van der Waals surface area contributed by atoms with E-state index in [0.29, 0.717) is 36.6 Å². The Hall–Kier alpha value is -2.01. The average molecular weight is 392 g/mol. The van der Waals surface area contributed by atoms with E-state index in [-0.39, 0.29) is 29.1 Å². The van der Waals surface area contributed by atoms with Crippen molar-refractivity contribution in [3.8, 4) is 5.75 Å². The Kier molecular flexibility index (Phi) is 5.52. The summed E-state index contributed by atoms with van der Waals surface area (Å²) in [4.78, 5) is 23.1. The molecule has 1 aliphatic carbocycles. The summed E-state index contributed by atoms with van der Waals surface area (Å²) in [6, 6.07) is 5.67. The highest BCUT2D eigenvalue weighted by atomic mass is 35.5. The molecule has 0 spiro atoms. The maximum atomic E-state index is 12.0. The molecule has 0 aromatic heterocycles. The molecule has 1 unspecified atom stereocenters. The molecule has 2 N–H and O–H groups in total. The van der Waals surface area contributed by atoms with Crippen molar-refractivity contribution in [1.82, 2.24) is 5.32 Å². The third kappa shape index (κ3) is 4.64. The molecule has 146 valence electrons. The summed E-state index contributed by atoms with van der Waals surface area (Å²) in [7, 11) is 0. The number of amides is 1. The first-order valence-corrected chi connectivity index (χ1v) is 9.66. The molecule has 2 aliphatic rings. The van der Waals surface area contributed by atoms with Crippen molar-refractivity contribution >= 4 is 23.5 Å². The van der Waals surface area contributed by atoms with Crippen LogP contribution in [0.4, 0.5) is 0 Å². The summed E-state index contributed by atoms with van der Waals surface area (Å²) in [6.07, 6.45) is 3.35. The van der Waals surface area contributed by atoms with Gasteiger partial charge in [0, 0.05) is 18.5 Å². The van der Waals surface area contributed by atoms with Crippen LogP contribution < -0.4 is 10.1 Å². The van der Waals surface area contributed by atoms with Gasteiger partial charge in [-0.1, -0.05) is 38.4 Å². The molecule has 1 aliphatic heterocycles. The van der Waals surface area contributed by atoms with E-state index in [4.69, 9.17) is 21.4 Å². The Morgan fingerprint density at radius 2 is 2.04 bits per heavy atom. The van der Waals surface area contributed by atoms with Crippen molar-refractivity contribution in [3.63, 3.8) is 0 Å². The van der Waals surface area contributed by atoms with Gasteiger partial charge < -0.3 is 15.2 Å². The van der Waals surface area contributed by atoms with Gasteiger partial charge in [0.2, 0.25) is 5.91 Å². The van der Waals surface area contributed by atoms with Gasteiger partial charge in [-0.05, 0) is 47.4 Å². The monoisotopic (exact) mass is 391 g/mol. The van der Waals surface area contributed by atoms with Crippen LogP contribution in [0, 0.1) is 17.3 Å². The van der Waals surface area contributed by atoms with Crippen LogP contribution in [0.15, 0.2) is 30.0 Å². The van der Waals surface area contributed by atoms with Gasteiger partial charge in [-0.3, -0.25) is 9.59 Å². The van der Waals surface area contributed by atoms with Gasteiger partial charge in [0.25, 0.3) is 0 Å². The highest BCUT2D eigenvalue weighted by Gasteiger charge is 2.40. The maximum Gasteiger partial charge on any atom is 0.306 e. The summed E-state index contributed by atoms with van der Waals surface area (Å²) < 4.78 is 5.82. The molecule has 1 heterocycles. The minimum absolute atomic E-state index is 0.0320. The van der Waals surface area contributed by atoms with Crippen molar-refractivity contribution in [2.24, 2.45) is 17.3 Å². The summed E-state index contributed by atoms with van der Waals surface area (Å²) >= 11 is 6.43. The number of carboxylic acids is 1. The normalized spacial score (nSPS) is 25.3. The fourth-order valence-electron chi connectivity index (χ4n) is 3.58. The minimum atomic E-state index is -0.744. The summed E-state index contributed by atoms with van der Waals surface area (Å²) in [5.41, 5.74) is 2.08. The highest BCUT2D eigenvalue weighted by Crippen LogP contribution is 2.46. The number of carboxylic acid groups (broad SMARTS) is 1. The van der Waals surface area contributed by atoms with E-state index in [1.807, 2.05) is 18.2 Å². The Morgan fingerprint density at radius 3 is 2.63 bits per heavy atom. The number of hydrogen-bond acceptors (Lipinski definition) is 3. The van der Waals surface area contributed by atoms with Gasteiger partial charge in [-0.25, -0.2) is 0 Å². The number of ether oxygens (including phenoxy) is 1. The number of allylic oxidation sites excluding steroid dienone is 1. The van der Waals surface area contributed by atoms with Gasteiger partial charge >= 0.3 is 5.97 Å².